The molecule has 0 bridgehead atoms. The van der Waals surface area contributed by atoms with E-state index in [1.165, 1.54) is 15.3 Å². The van der Waals surface area contributed by atoms with Crippen LogP contribution in [0.2, 0.25) is 5.02 Å². The summed E-state index contributed by atoms with van der Waals surface area (Å²) >= 11 is 7.28. The SMILES string of the molecule is CN(Cc1ccccc1Cl)C(=O)c1sccc1S(=O)(=O)N1CCOCC1. The van der Waals surface area contributed by atoms with Gasteiger partial charge in [0.2, 0.25) is 10.0 Å². The van der Waals surface area contributed by atoms with Gasteiger partial charge in [-0.15, -0.1) is 11.3 Å². The molecule has 1 aliphatic rings. The minimum absolute atomic E-state index is 0.0559. The Bertz CT molecular complexity index is 892. The van der Waals surface area contributed by atoms with Gasteiger partial charge in [0.1, 0.15) is 9.77 Å². The van der Waals surface area contributed by atoms with E-state index in [0.29, 0.717) is 37.9 Å². The molecular formula is C17H19ClN2O4S2. The zero-order valence-electron chi connectivity index (χ0n) is 14.2. The van der Waals surface area contributed by atoms with Gasteiger partial charge in [-0.3, -0.25) is 4.79 Å². The molecular weight excluding hydrogens is 396 g/mol. The van der Waals surface area contributed by atoms with E-state index in [1.54, 1.807) is 18.5 Å². The molecule has 0 spiro atoms. The van der Waals surface area contributed by atoms with Crippen LogP contribution in [0.4, 0.5) is 0 Å². The highest BCUT2D eigenvalue weighted by atomic mass is 35.5. The van der Waals surface area contributed by atoms with Crippen LogP contribution in [-0.2, 0) is 21.3 Å². The Hall–Kier alpha value is -1.45. The average Bonchev–Trinajstić information content (AvgIpc) is 3.14. The third kappa shape index (κ3) is 3.94. The second-order valence-electron chi connectivity index (χ2n) is 5.88. The molecule has 1 aromatic carbocycles. The molecule has 1 amide bonds. The number of amides is 1. The molecule has 1 saturated heterocycles. The van der Waals surface area contributed by atoms with Crippen molar-refractivity contribution in [2.45, 2.75) is 11.4 Å². The second kappa shape index (κ2) is 8.06. The zero-order valence-corrected chi connectivity index (χ0v) is 16.6. The standard InChI is InChI=1S/C17H19ClN2O4S2/c1-19(12-13-4-2-3-5-14(13)18)17(21)16-15(6-11-25-16)26(22,23)20-7-9-24-10-8-20/h2-6,11H,7-10,12H2,1H3. The first-order valence-electron chi connectivity index (χ1n) is 8.05. The number of benzene rings is 1. The summed E-state index contributed by atoms with van der Waals surface area (Å²) in [6, 6.07) is 8.76. The summed E-state index contributed by atoms with van der Waals surface area (Å²) < 4.78 is 32.4. The van der Waals surface area contributed by atoms with Crippen LogP contribution in [0, 0.1) is 0 Å². The Balaban J connectivity index is 1.83. The van der Waals surface area contributed by atoms with E-state index >= 15 is 0 Å². The van der Waals surface area contributed by atoms with Crippen molar-refractivity contribution in [3.63, 3.8) is 0 Å². The first-order valence-corrected chi connectivity index (χ1v) is 10.8. The predicted octanol–water partition coefficient (Wildman–Crippen LogP) is 2.69. The van der Waals surface area contributed by atoms with Crippen molar-refractivity contribution in [3.8, 4) is 0 Å². The molecule has 9 heteroatoms. The summed E-state index contributed by atoms with van der Waals surface area (Å²) in [5, 5.41) is 2.20. The van der Waals surface area contributed by atoms with Gasteiger partial charge in [0, 0.05) is 31.7 Å². The fourth-order valence-corrected chi connectivity index (χ4v) is 5.70. The summed E-state index contributed by atoms with van der Waals surface area (Å²) in [5.74, 6) is -0.341. The highest BCUT2D eigenvalue weighted by molar-refractivity contribution is 7.89. The van der Waals surface area contributed by atoms with Gasteiger partial charge in [0.25, 0.3) is 5.91 Å². The Labute approximate surface area is 162 Å². The number of carbonyl (C=O) groups excluding carboxylic acids is 1. The molecule has 26 heavy (non-hydrogen) atoms. The van der Waals surface area contributed by atoms with E-state index in [1.807, 2.05) is 18.2 Å². The summed E-state index contributed by atoms with van der Waals surface area (Å²) in [5.41, 5.74) is 0.805. The molecule has 6 nitrogen and oxygen atoms in total. The number of rotatable bonds is 5. The first-order chi connectivity index (χ1) is 12.4. The summed E-state index contributed by atoms with van der Waals surface area (Å²) in [4.78, 5) is 14.6. The lowest BCUT2D eigenvalue weighted by Gasteiger charge is -2.26. The van der Waals surface area contributed by atoms with Crippen molar-refractivity contribution in [2.75, 3.05) is 33.4 Å². The van der Waals surface area contributed by atoms with E-state index in [4.69, 9.17) is 16.3 Å². The van der Waals surface area contributed by atoms with Gasteiger partial charge in [-0.25, -0.2) is 8.42 Å². The number of thiophene rings is 1. The van der Waals surface area contributed by atoms with Crippen LogP contribution in [-0.4, -0.2) is 56.9 Å². The van der Waals surface area contributed by atoms with Gasteiger partial charge in [-0.1, -0.05) is 29.8 Å². The highest BCUT2D eigenvalue weighted by Crippen LogP contribution is 2.27. The van der Waals surface area contributed by atoms with Gasteiger partial charge in [-0.2, -0.15) is 4.31 Å². The van der Waals surface area contributed by atoms with E-state index in [-0.39, 0.29) is 15.7 Å². The van der Waals surface area contributed by atoms with Gasteiger partial charge >= 0.3 is 0 Å². The maximum absolute atomic E-state index is 12.9. The van der Waals surface area contributed by atoms with Crippen molar-refractivity contribution in [1.82, 2.24) is 9.21 Å². The molecule has 0 radical (unpaired) electrons. The van der Waals surface area contributed by atoms with Gasteiger partial charge < -0.3 is 9.64 Å². The molecule has 3 rings (SSSR count). The van der Waals surface area contributed by atoms with E-state index in [0.717, 1.165) is 16.9 Å². The van der Waals surface area contributed by atoms with Crippen molar-refractivity contribution < 1.29 is 17.9 Å². The van der Waals surface area contributed by atoms with Crippen LogP contribution in [0.25, 0.3) is 0 Å². The molecule has 0 saturated carbocycles. The van der Waals surface area contributed by atoms with E-state index in [2.05, 4.69) is 0 Å². The molecule has 1 aromatic heterocycles. The van der Waals surface area contributed by atoms with Gasteiger partial charge in [0.05, 0.1) is 13.2 Å². The number of morpholine rings is 1. The van der Waals surface area contributed by atoms with Crippen molar-refractivity contribution >= 4 is 38.9 Å². The Morgan fingerprint density at radius 3 is 2.65 bits per heavy atom. The summed E-state index contributed by atoms with van der Waals surface area (Å²) in [6.45, 7) is 1.61. The molecule has 2 heterocycles. The number of carbonyl (C=O) groups is 1. The smallest absolute Gasteiger partial charge is 0.265 e. The Morgan fingerprint density at radius 1 is 1.27 bits per heavy atom. The third-order valence-corrected chi connectivity index (χ3v) is 7.46. The van der Waals surface area contributed by atoms with Crippen LogP contribution in [0.3, 0.4) is 0 Å². The summed E-state index contributed by atoms with van der Waals surface area (Å²) in [6.07, 6.45) is 0. The van der Waals surface area contributed by atoms with Crippen molar-refractivity contribution in [2.24, 2.45) is 0 Å². The van der Waals surface area contributed by atoms with Crippen LogP contribution in [0.1, 0.15) is 15.2 Å². The van der Waals surface area contributed by atoms with Gasteiger partial charge in [0.15, 0.2) is 0 Å². The topological polar surface area (TPSA) is 66.9 Å². The molecule has 0 unspecified atom stereocenters. The number of ether oxygens (including phenoxy) is 1. The van der Waals surface area contributed by atoms with Crippen LogP contribution >= 0.6 is 22.9 Å². The maximum atomic E-state index is 12.9. The fraction of sp³-hybridized carbons (Fsp3) is 0.353. The molecule has 0 aliphatic carbocycles. The zero-order chi connectivity index (χ0) is 18.7. The lowest BCUT2D eigenvalue weighted by Crippen LogP contribution is -2.41. The fourth-order valence-electron chi connectivity index (χ4n) is 2.71. The minimum Gasteiger partial charge on any atom is -0.379 e. The molecule has 1 aliphatic heterocycles. The molecule has 0 N–H and O–H groups in total. The lowest BCUT2D eigenvalue weighted by atomic mass is 10.2. The molecule has 1 fully saturated rings. The van der Waals surface area contributed by atoms with Crippen LogP contribution in [0.5, 0.6) is 0 Å². The maximum Gasteiger partial charge on any atom is 0.265 e. The van der Waals surface area contributed by atoms with Gasteiger partial charge in [-0.05, 0) is 23.1 Å². The van der Waals surface area contributed by atoms with Crippen molar-refractivity contribution in [3.05, 3.63) is 51.2 Å². The number of hydrogen-bond donors (Lipinski definition) is 0. The van der Waals surface area contributed by atoms with E-state index < -0.39 is 10.0 Å². The summed E-state index contributed by atoms with van der Waals surface area (Å²) in [7, 11) is -2.08. The Kier molecular flexibility index (Phi) is 5.99. The Morgan fingerprint density at radius 2 is 1.96 bits per heavy atom. The minimum atomic E-state index is -3.72. The van der Waals surface area contributed by atoms with E-state index in [9.17, 15) is 13.2 Å². The predicted molar refractivity (Wildman–Crippen MR) is 101 cm³/mol. The normalized spacial score (nSPS) is 15.8. The van der Waals surface area contributed by atoms with Crippen LogP contribution < -0.4 is 0 Å². The lowest BCUT2D eigenvalue weighted by molar-refractivity contribution is 0.0728. The number of hydrogen-bond acceptors (Lipinski definition) is 5. The molecule has 2 aromatic rings. The largest absolute Gasteiger partial charge is 0.379 e. The second-order valence-corrected chi connectivity index (χ2v) is 9.11. The quantitative estimate of drug-likeness (QED) is 0.754. The molecule has 140 valence electrons. The average molecular weight is 415 g/mol. The number of nitrogens with zero attached hydrogens (tertiary/aromatic N) is 2. The third-order valence-electron chi connectivity index (χ3n) is 4.12. The number of sulfonamides is 1. The monoisotopic (exact) mass is 414 g/mol. The van der Waals surface area contributed by atoms with Crippen molar-refractivity contribution in [1.29, 1.82) is 0 Å². The first kappa shape index (κ1) is 19.3. The molecule has 0 atom stereocenters. The number of halogens is 1. The van der Waals surface area contributed by atoms with Crippen LogP contribution in [0.15, 0.2) is 40.6 Å². The highest BCUT2D eigenvalue weighted by Gasteiger charge is 2.32.